The van der Waals surface area contributed by atoms with Gasteiger partial charge >= 0.3 is 0 Å². The maximum absolute atomic E-state index is 12.3. The highest BCUT2D eigenvalue weighted by Gasteiger charge is 2.26. The Balaban J connectivity index is 0.00000208. The summed E-state index contributed by atoms with van der Waals surface area (Å²) in [5, 5.41) is 3.93. The number of nitrogens with zero attached hydrogens (tertiary/aromatic N) is 2. The van der Waals surface area contributed by atoms with Crippen LogP contribution in [0.3, 0.4) is 0 Å². The number of nitrogens with one attached hydrogen (secondary N) is 1. The third kappa shape index (κ3) is 4.53. The van der Waals surface area contributed by atoms with Gasteiger partial charge in [-0.05, 0) is 42.7 Å². The molecular weight excluding hydrogens is 344 g/mol. The van der Waals surface area contributed by atoms with E-state index >= 15 is 0 Å². The Morgan fingerprint density at radius 1 is 1.42 bits per heavy atom. The van der Waals surface area contributed by atoms with E-state index in [-0.39, 0.29) is 24.4 Å². The fourth-order valence-corrected chi connectivity index (χ4v) is 3.86. The lowest BCUT2D eigenvalue weighted by atomic mass is 10.00. The summed E-state index contributed by atoms with van der Waals surface area (Å²) in [7, 11) is 1.96. The van der Waals surface area contributed by atoms with Crippen LogP contribution in [-0.2, 0) is 11.8 Å². The average molecular weight is 367 g/mol. The van der Waals surface area contributed by atoms with Crippen LogP contribution in [0.2, 0.25) is 0 Å². The number of anilines is 1. The molecule has 2 aromatic rings. The molecule has 1 aromatic carbocycles. The number of para-hydroxylation sites is 1. The van der Waals surface area contributed by atoms with E-state index < -0.39 is 0 Å². The molecule has 0 radical (unpaired) electrons. The molecule has 3 N–H and O–H groups in total. The summed E-state index contributed by atoms with van der Waals surface area (Å²) in [5.41, 5.74) is 6.89. The topological polar surface area (TPSA) is 72.9 Å². The highest BCUT2D eigenvalue weighted by atomic mass is 35.5. The molecule has 130 valence electrons. The summed E-state index contributed by atoms with van der Waals surface area (Å²) in [5.74, 6) is 0.351. The molecule has 1 aromatic heterocycles. The van der Waals surface area contributed by atoms with Crippen LogP contribution < -0.4 is 11.1 Å². The highest BCUT2D eigenvalue weighted by molar-refractivity contribution is 7.99. The van der Waals surface area contributed by atoms with Crippen LogP contribution in [0.4, 0.5) is 5.69 Å². The van der Waals surface area contributed by atoms with Crippen molar-refractivity contribution in [2.75, 3.05) is 5.32 Å². The van der Waals surface area contributed by atoms with E-state index in [4.69, 9.17) is 5.73 Å². The van der Waals surface area contributed by atoms with Gasteiger partial charge in [0.05, 0.1) is 5.69 Å². The van der Waals surface area contributed by atoms with Crippen LogP contribution in [0.25, 0.3) is 0 Å². The SMILES string of the molecule is Cl.Cn1ccnc1Sc1ccccc1NC(=O)C[C@@H]1CCC[C@H]1N. The Morgan fingerprint density at radius 3 is 2.88 bits per heavy atom. The van der Waals surface area contributed by atoms with Crippen molar-refractivity contribution in [2.24, 2.45) is 18.7 Å². The van der Waals surface area contributed by atoms with Gasteiger partial charge in [-0.2, -0.15) is 0 Å². The second kappa shape index (κ2) is 8.55. The molecule has 24 heavy (non-hydrogen) atoms. The van der Waals surface area contributed by atoms with Crippen molar-refractivity contribution in [1.29, 1.82) is 0 Å². The molecule has 1 fully saturated rings. The molecule has 1 amide bonds. The number of carbonyl (C=O) groups is 1. The van der Waals surface area contributed by atoms with Crippen molar-refractivity contribution in [2.45, 2.75) is 41.8 Å². The average Bonchev–Trinajstić information content (AvgIpc) is 3.11. The van der Waals surface area contributed by atoms with E-state index in [0.29, 0.717) is 12.3 Å². The van der Waals surface area contributed by atoms with Crippen molar-refractivity contribution in [3.8, 4) is 0 Å². The first kappa shape index (κ1) is 18.8. The zero-order valence-electron chi connectivity index (χ0n) is 13.6. The van der Waals surface area contributed by atoms with Gasteiger partial charge in [0.25, 0.3) is 0 Å². The Bertz CT molecular complexity index is 691. The number of nitrogens with two attached hydrogens (primary N) is 1. The third-order valence-electron chi connectivity index (χ3n) is 4.30. The van der Waals surface area contributed by atoms with E-state index in [0.717, 1.165) is 35.0 Å². The number of amides is 1. The van der Waals surface area contributed by atoms with Gasteiger partial charge in [-0.25, -0.2) is 4.98 Å². The van der Waals surface area contributed by atoms with Crippen LogP contribution in [0.5, 0.6) is 0 Å². The van der Waals surface area contributed by atoms with Crippen molar-refractivity contribution in [3.63, 3.8) is 0 Å². The zero-order chi connectivity index (χ0) is 16.2. The lowest BCUT2D eigenvalue weighted by molar-refractivity contribution is -0.117. The van der Waals surface area contributed by atoms with E-state index in [1.807, 2.05) is 42.1 Å². The first-order chi connectivity index (χ1) is 11.1. The Kier molecular flexibility index (Phi) is 6.71. The number of hydrogen-bond donors (Lipinski definition) is 2. The van der Waals surface area contributed by atoms with Crippen LogP contribution >= 0.6 is 24.2 Å². The second-order valence-corrected chi connectivity index (χ2v) is 7.04. The van der Waals surface area contributed by atoms with E-state index in [2.05, 4.69) is 10.3 Å². The summed E-state index contributed by atoms with van der Waals surface area (Å²) in [6.45, 7) is 0. The number of benzene rings is 1. The van der Waals surface area contributed by atoms with Crippen LogP contribution in [0.15, 0.2) is 46.7 Å². The third-order valence-corrected chi connectivity index (χ3v) is 5.46. The molecule has 0 unspecified atom stereocenters. The molecule has 5 nitrogen and oxygen atoms in total. The number of rotatable bonds is 5. The van der Waals surface area contributed by atoms with Gasteiger partial charge in [0.15, 0.2) is 5.16 Å². The fraction of sp³-hybridized carbons (Fsp3) is 0.412. The second-order valence-electron chi connectivity index (χ2n) is 6.03. The number of aromatic nitrogens is 2. The van der Waals surface area contributed by atoms with Gasteiger partial charge in [-0.3, -0.25) is 4.79 Å². The molecule has 1 aliphatic carbocycles. The van der Waals surface area contributed by atoms with Gasteiger partial charge < -0.3 is 15.6 Å². The first-order valence-electron chi connectivity index (χ1n) is 7.93. The molecular formula is C17H23ClN4OS. The van der Waals surface area contributed by atoms with Gasteiger partial charge in [-0.15, -0.1) is 12.4 Å². The van der Waals surface area contributed by atoms with Crippen LogP contribution in [0, 0.1) is 5.92 Å². The number of aryl methyl sites for hydroxylation is 1. The largest absolute Gasteiger partial charge is 0.329 e. The fourth-order valence-electron chi connectivity index (χ4n) is 2.97. The van der Waals surface area contributed by atoms with Gasteiger partial charge in [0, 0.05) is 36.8 Å². The van der Waals surface area contributed by atoms with Crippen molar-refractivity contribution < 1.29 is 4.79 Å². The molecule has 0 aliphatic heterocycles. The smallest absolute Gasteiger partial charge is 0.224 e. The Morgan fingerprint density at radius 2 is 2.21 bits per heavy atom. The molecule has 7 heteroatoms. The molecule has 1 aliphatic rings. The van der Waals surface area contributed by atoms with Gasteiger partial charge in [0.2, 0.25) is 5.91 Å². The minimum absolute atomic E-state index is 0. The Labute approximate surface area is 152 Å². The van der Waals surface area contributed by atoms with Gasteiger partial charge in [-0.1, -0.05) is 18.6 Å². The van der Waals surface area contributed by atoms with E-state index in [1.54, 1.807) is 18.0 Å². The van der Waals surface area contributed by atoms with Crippen LogP contribution in [0.1, 0.15) is 25.7 Å². The number of carbonyl (C=O) groups excluding carboxylic acids is 1. The zero-order valence-corrected chi connectivity index (χ0v) is 15.3. The number of hydrogen-bond acceptors (Lipinski definition) is 4. The highest BCUT2D eigenvalue weighted by Crippen LogP contribution is 2.33. The monoisotopic (exact) mass is 366 g/mol. The minimum Gasteiger partial charge on any atom is -0.329 e. The normalized spacial score (nSPS) is 19.8. The summed E-state index contributed by atoms with van der Waals surface area (Å²) in [6.07, 6.45) is 7.39. The standard InChI is InChI=1S/C17H22N4OS.ClH/c1-21-10-9-19-17(21)23-15-8-3-2-7-14(15)20-16(22)11-12-5-4-6-13(12)18;/h2-3,7-10,12-13H,4-6,11,18H2,1H3,(H,20,22);1H/t12-,13+;/m0./s1. The van der Waals surface area contributed by atoms with Crippen molar-refractivity contribution >= 4 is 35.8 Å². The molecule has 1 heterocycles. The van der Waals surface area contributed by atoms with E-state index in [1.165, 1.54) is 0 Å². The van der Waals surface area contributed by atoms with Gasteiger partial charge in [0.1, 0.15) is 0 Å². The molecule has 0 bridgehead atoms. The van der Waals surface area contributed by atoms with Crippen molar-refractivity contribution in [3.05, 3.63) is 36.7 Å². The maximum atomic E-state index is 12.3. The quantitative estimate of drug-likeness (QED) is 0.850. The summed E-state index contributed by atoms with van der Waals surface area (Å²) < 4.78 is 1.96. The molecule has 1 saturated carbocycles. The molecule has 0 spiro atoms. The number of halogens is 1. The predicted octanol–water partition coefficient (Wildman–Crippen LogP) is 3.45. The minimum atomic E-state index is 0. The summed E-state index contributed by atoms with van der Waals surface area (Å²) in [6, 6.07) is 7.99. The maximum Gasteiger partial charge on any atom is 0.224 e. The summed E-state index contributed by atoms with van der Waals surface area (Å²) >= 11 is 1.55. The van der Waals surface area contributed by atoms with Crippen LogP contribution in [-0.4, -0.2) is 21.5 Å². The lowest BCUT2D eigenvalue weighted by Gasteiger charge is -2.16. The summed E-state index contributed by atoms with van der Waals surface area (Å²) in [4.78, 5) is 17.7. The molecule has 2 atom stereocenters. The predicted molar refractivity (Wildman–Crippen MR) is 99.6 cm³/mol. The van der Waals surface area contributed by atoms with Crippen molar-refractivity contribution in [1.82, 2.24) is 9.55 Å². The van der Waals surface area contributed by atoms with E-state index in [9.17, 15) is 4.79 Å². The molecule has 3 rings (SSSR count). The molecule has 0 saturated heterocycles. The first-order valence-corrected chi connectivity index (χ1v) is 8.75. The Hall–Kier alpha value is -1.50. The number of imidazole rings is 1. The lowest BCUT2D eigenvalue weighted by Crippen LogP contribution is -2.28.